The van der Waals surface area contributed by atoms with Crippen LogP contribution in [0, 0.1) is 13.8 Å². The van der Waals surface area contributed by atoms with Gasteiger partial charge in [-0.05, 0) is 45.1 Å². The van der Waals surface area contributed by atoms with Crippen LogP contribution in [0.15, 0.2) is 18.2 Å². The molecule has 1 rings (SSSR count). The number of rotatable bonds is 5. The second-order valence-electron chi connectivity index (χ2n) is 5.00. The standard InChI is InChI=1S/C14H23NS/c1-11-6-7-13(12(2)8-11)9-15-10-14(3,4)16-5/h6-8,15H,9-10H2,1-5H3. The van der Waals surface area contributed by atoms with Crippen molar-refractivity contribution in [2.75, 3.05) is 12.8 Å². The molecule has 0 fully saturated rings. The third-order valence-electron chi connectivity index (χ3n) is 2.92. The first-order valence-corrected chi connectivity index (χ1v) is 6.99. The molecule has 1 nitrogen and oxygen atoms in total. The summed E-state index contributed by atoms with van der Waals surface area (Å²) in [6.07, 6.45) is 2.17. The third kappa shape index (κ3) is 4.18. The minimum absolute atomic E-state index is 0.318. The highest BCUT2D eigenvalue weighted by Gasteiger charge is 2.14. The lowest BCUT2D eigenvalue weighted by Crippen LogP contribution is -2.31. The van der Waals surface area contributed by atoms with Crippen molar-refractivity contribution in [2.24, 2.45) is 0 Å². The average molecular weight is 237 g/mol. The second kappa shape index (κ2) is 5.74. The van der Waals surface area contributed by atoms with Gasteiger partial charge in [0, 0.05) is 17.8 Å². The molecule has 1 aromatic rings. The monoisotopic (exact) mass is 237 g/mol. The summed E-state index contributed by atoms with van der Waals surface area (Å²) in [5.74, 6) is 0. The van der Waals surface area contributed by atoms with Crippen molar-refractivity contribution in [1.29, 1.82) is 0 Å². The first-order chi connectivity index (χ1) is 7.44. The zero-order valence-electron chi connectivity index (χ0n) is 11.1. The van der Waals surface area contributed by atoms with Crippen LogP contribution >= 0.6 is 11.8 Å². The van der Waals surface area contributed by atoms with Crippen molar-refractivity contribution in [3.8, 4) is 0 Å². The van der Waals surface area contributed by atoms with E-state index in [9.17, 15) is 0 Å². The first-order valence-electron chi connectivity index (χ1n) is 5.76. The third-order valence-corrected chi connectivity index (χ3v) is 4.17. The highest BCUT2D eigenvalue weighted by atomic mass is 32.2. The molecule has 16 heavy (non-hydrogen) atoms. The molecule has 0 bridgehead atoms. The Bertz CT molecular complexity index is 345. The fourth-order valence-corrected chi connectivity index (χ4v) is 1.86. The Labute approximate surface area is 104 Å². The second-order valence-corrected chi connectivity index (χ2v) is 6.51. The van der Waals surface area contributed by atoms with Crippen LogP contribution in [0.25, 0.3) is 0 Å². The van der Waals surface area contributed by atoms with Crippen LogP contribution in [0.4, 0.5) is 0 Å². The predicted octanol–water partition coefficient (Wildman–Crippen LogP) is 3.53. The van der Waals surface area contributed by atoms with Gasteiger partial charge in [0.2, 0.25) is 0 Å². The van der Waals surface area contributed by atoms with Crippen LogP contribution in [0.5, 0.6) is 0 Å². The Morgan fingerprint density at radius 2 is 1.94 bits per heavy atom. The van der Waals surface area contributed by atoms with Gasteiger partial charge >= 0.3 is 0 Å². The van der Waals surface area contributed by atoms with Crippen LogP contribution in [0.3, 0.4) is 0 Å². The fourth-order valence-electron chi connectivity index (χ4n) is 1.61. The largest absolute Gasteiger partial charge is 0.311 e. The molecule has 0 saturated carbocycles. The molecule has 90 valence electrons. The smallest absolute Gasteiger partial charge is 0.0225 e. The van der Waals surface area contributed by atoms with Crippen LogP contribution in [0.2, 0.25) is 0 Å². The molecule has 0 amide bonds. The van der Waals surface area contributed by atoms with Crippen LogP contribution < -0.4 is 5.32 Å². The van der Waals surface area contributed by atoms with E-state index in [4.69, 9.17) is 0 Å². The van der Waals surface area contributed by atoms with Crippen molar-refractivity contribution in [3.63, 3.8) is 0 Å². The molecular formula is C14H23NS. The predicted molar refractivity (Wildman–Crippen MR) is 75.2 cm³/mol. The molecule has 0 heterocycles. The molecule has 0 aliphatic carbocycles. The van der Waals surface area contributed by atoms with Crippen molar-refractivity contribution < 1.29 is 0 Å². The zero-order chi connectivity index (χ0) is 12.2. The summed E-state index contributed by atoms with van der Waals surface area (Å²) < 4.78 is 0.318. The molecule has 0 unspecified atom stereocenters. The summed E-state index contributed by atoms with van der Waals surface area (Å²) in [4.78, 5) is 0. The number of thioether (sulfide) groups is 1. The number of hydrogen-bond acceptors (Lipinski definition) is 2. The van der Waals surface area contributed by atoms with E-state index in [1.54, 1.807) is 0 Å². The molecule has 0 aliphatic rings. The summed E-state index contributed by atoms with van der Waals surface area (Å²) in [7, 11) is 0. The Morgan fingerprint density at radius 1 is 1.25 bits per heavy atom. The molecular weight excluding hydrogens is 214 g/mol. The van der Waals surface area contributed by atoms with E-state index in [0.29, 0.717) is 4.75 Å². The lowest BCUT2D eigenvalue weighted by Gasteiger charge is -2.22. The minimum atomic E-state index is 0.318. The van der Waals surface area contributed by atoms with Crippen molar-refractivity contribution in [2.45, 2.75) is 39.0 Å². The van der Waals surface area contributed by atoms with Gasteiger partial charge in [-0.3, -0.25) is 0 Å². The number of benzene rings is 1. The maximum Gasteiger partial charge on any atom is 0.0225 e. The lowest BCUT2D eigenvalue weighted by molar-refractivity contribution is 0.590. The molecule has 2 heteroatoms. The highest BCUT2D eigenvalue weighted by molar-refractivity contribution is 7.99. The Hall–Kier alpha value is -0.470. The van der Waals surface area contributed by atoms with Gasteiger partial charge in [-0.1, -0.05) is 23.8 Å². The molecule has 1 aromatic carbocycles. The van der Waals surface area contributed by atoms with Gasteiger partial charge in [0.1, 0.15) is 0 Å². The van der Waals surface area contributed by atoms with E-state index in [-0.39, 0.29) is 0 Å². The Morgan fingerprint density at radius 3 is 2.50 bits per heavy atom. The van der Waals surface area contributed by atoms with Gasteiger partial charge in [-0.2, -0.15) is 11.8 Å². The van der Waals surface area contributed by atoms with E-state index < -0.39 is 0 Å². The average Bonchev–Trinajstić information content (AvgIpc) is 2.21. The number of hydrogen-bond donors (Lipinski definition) is 1. The molecule has 0 aromatic heterocycles. The van der Waals surface area contributed by atoms with Gasteiger partial charge in [-0.15, -0.1) is 0 Å². The van der Waals surface area contributed by atoms with E-state index in [1.165, 1.54) is 16.7 Å². The molecule has 0 atom stereocenters. The summed E-state index contributed by atoms with van der Waals surface area (Å²) in [5, 5.41) is 3.53. The van der Waals surface area contributed by atoms with Gasteiger partial charge < -0.3 is 5.32 Å². The van der Waals surface area contributed by atoms with E-state index >= 15 is 0 Å². The van der Waals surface area contributed by atoms with Gasteiger partial charge in [0.05, 0.1) is 0 Å². The maximum absolute atomic E-state index is 3.53. The van der Waals surface area contributed by atoms with Gasteiger partial charge in [-0.25, -0.2) is 0 Å². The normalized spacial score (nSPS) is 11.8. The minimum Gasteiger partial charge on any atom is -0.311 e. The van der Waals surface area contributed by atoms with E-state index in [2.05, 4.69) is 57.5 Å². The van der Waals surface area contributed by atoms with Crippen LogP contribution in [-0.4, -0.2) is 17.5 Å². The summed E-state index contributed by atoms with van der Waals surface area (Å²) in [6, 6.07) is 6.66. The van der Waals surface area contributed by atoms with E-state index in [1.807, 2.05) is 11.8 Å². The van der Waals surface area contributed by atoms with E-state index in [0.717, 1.165) is 13.1 Å². The summed E-state index contributed by atoms with van der Waals surface area (Å²) in [6.45, 7) is 10.9. The topological polar surface area (TPSA) is 12.0 Å². The van der Waals surface area contributed by atoms with Gasteiger partial charge in [0.15, 0.2) is 0 Å². The first kappa shape index (κ1) is 13.6. The zero-order valence-corrected chi connectivity index (χ0v) is 11.9. The van der Waals surface area contributed by atoms with Crippen molar-refractivity contribution >= 4 is 11.8 Å². The molecule has 1 N–H and O–H groups in total. The number of nitrogens with one attached hydrogen (secondary N) is 1. The molecule has 0 saturated heterocycles. The van der Waals surface area contributed by atoms with Crippen molar-refractivity contribution in [3.05, 3.63) is 34.9 Å². The van der Waals surface area contributed by atoms with Crippen molar-refractivity contribution in [1.82, 2.24) is 5.32 Å². The lowest BCUT2D eigenvalue weighted by atomic mass is 10.1. The quantitative estimate of drug-likeness (QED) is 0.840. The molecule has 0 radical (unpaired) electrons. The molecule has 0 aliphatic heterocycles. The summed E-state index contributed by atoms with van der Waals surface area (Å²) in [5.41, 5.74) is 4.13. The highest BCUT2D eigenvalue weighted by Crippen LogP contribution is 2.20. The SMILES string of the molecule is CSC(C)(C)CNCc1ccc(C)cc1C. The Kier molecular flexibility index (Phi) is 4.88. The Balaban J connectivity index is 2.49. The summed E-state index contributed by atoms with van der Waals surface area (Å²) >= 11 is 1.91. The fraction of sp³-hybridized carbons (Fsp3) is 0.571. The maximum atomic E-state index is 3.53. The van der Waals surface area contributed by atoms with Gasteiger partial charge in [0.25, 0.3) is 0 Å². The number of aryl methyl sites for hydroxylation is 2. The van der Waals surface area contributed by atoms with Crippen LogP contribution in [-0.2, 0) is 6.54 Å². The van der Waals surface area contributed by atoms with Crippen LogP contribution in [0.1, 0.15) is 30.5 Å². The molecule has 0 spiro atoms.